The Hall–Kier alpha value is -2.85. The number of nitrogens with zero attached hydrogens (tertiary/aromatic N) is 4. The van der Waals surface area contributed by atoms with E-state index in [4.69, 9.17) is 11.6 Å². The molecule has 3 heterocycles. The van der Waals surface area contributed by atoms with E-state index in [1.807, 2.05) is 12.1 Å². The van der Waals surface area contributed by atoms with Gasteiger partial charge in [0.05, 0.1) is 11.6 Å². The SMILES string of the molecule is OC[C@@H]1CCCN1Cc1ccc(Nc2nc3ncnc(Nc4ccc(F)c(Cl)c4)c3s2)cc1. The van der Waals surface area contributed by atoms with E-state index in [1.165, 1.54) is 35.4 Å². The highest BCUT2D eigenvalue weighted by Crippen LogP contribution is 2.33. The monoisotopic (exact) mass is 484 g/mol. The Bertz CT molecular complexity index is 1270. The second-order valence-electron chi connectivity index (χ2n) is 7.92. The lowest BCUT2D eigenvalue weighted by Crippen LogP contribution is -2.31. The Morgan fingerprint density at radius 3 is 2.73 bits per heavy atom. The van der Waals surface area contributed by atoms with Gasteiger partial charge in [-0.2, -0.15) is 4.98 Å². The number of rotatable bonds is 7. The van der Waals surface area contributed by atoms with E-state index < -0.39 is 5.82 Å². The topological polar surface area (TPSA) is 86.2 Å². The molecule has 1 atom stereocenters. The van der Waals surface area contributed by atoms with Gasteiger partial charge in [0.25, 0.3) is 0 Å². The van der Waals surface area contributed by atoms with Gasteiger partial charge in [-0.05, 0) is 55.3 Å². The molecule has 0 radical (unpaired) electrons. The molecule has 10 heteroatoms. The maximum Gasteiger partial charge on any atom is 0.189 e. The molecule has 1 fully saturated rings. The fourth-order valence-electron chi connectivity index (χ4n) is 3.97. The molecule has 0 amide bonds. The Labute approximate surface area is 199 Å². The summed E-state index contributed by atoms with van der Waals surface area (Å²) in [4.78, 5) is 15.5. The summed E-state index contributed by atoms with van der Waals surface area (Å²) in [7, 11) is 0. The van der Waals surface area contributed by atoms with Gasteiger partial charge < -0.3 is 15.7 Å². The van der Waals surface area contributed by atoms with Crippen LogP contribution in [0.2, 0.25) is 5.02 Å². The predicted octanol–water partition coefficient (Wildman–Crippen LogP) is 5.32. The predicted molar refractivity (Wildman–Crippen MR) is 130 cm³/mol. The molecule has 2 aromatic carbocycles. The smallest absolute Gasteiger partial charge is 0.189 e. The third-order valence-corrected chi connectivity index (χ3v) is 6.93. The van der Waals surface area contributed by atoms with Crippen molar-refractivity contribution >= 4 is 55.6 Å². The third-order valence-electron chi connectivity index (χ3n) is 5.67. The van der Waals surface area contributed by atoms with Crippen molar-refractivity contribution in [2.75, 3.05) is 23.8 Å². The van der Waals surface area contributed by atoms with Gasteiger partial charge in [-0.3, -0.25) is 4.90 Å². The average Bonchev–Trinajstić information content (AvgIpc) is 3.44. The maximum atomic E-state index is 13.4. The highest BCUT2D eigenvalue weighted by atomic mass is 35.5. The number of fused-ring (bicyclic) bond motifs is 1. The molecule has 1 aliphatic heterocycles. The molecule has 0 saturated carbocycles. The van der Waals surface area contributed by atoms with Crippen molar-refractivity contribution in [1.29, 1.82) is 0 Å². The minimum Gasteiger partial charge on any atom is -0.395 e. The molecule has 2 aromatic heterocycles. The van der Waals surface area contributed by atoms with Crippen molar-refractivity contribution in [2.24, 2.45) is 0 Å². The summed E-state index contributed by atoms with van der Waals surface area (Å²) in [5, 5.41) is 16.7. The van der Waals surface area contributed by atoms with Crippen LogP contribution in [0.25, 0.3) is 10.3 Å². The number of likely N-dealkylation sites (tertiary alicyclic amines) is 1. The van der Waals surface area contributed by atoms with E-state index in [0.717, 1.165) is 36.3 Å². The minimum atomic E-state index is -0.473. The number of aromatic nitrogens is 3. The van der Waals surface area contributed by atoms with E-state index in [1.54, 1.807) is 6.07 Å². The number of nitrogens with one attached hydrogen (secondary N) is 2. The van der Waals surface area contributed by atoms with E-state index in [2.05, 4.69) is 42.6 Å². The lowest BCUT2D eigenvalue weighted by molar-refractivity contribution is 0.153. The molecule has 7 nitrogen and oxygen atoms in total. The van der Waals surface area contributed by atoms with Crippen LogP contribution in [0, 0.1) is 5.82 Å². The second kappa shape index (κ2) is 9.56. The number of halogens is 2. The highest BCUT2D eigenvalue weighted by molar-refractivity contribution is 7.22. The summed E-state index contributed by atoms with van der Waals surface area (Å²) in [6, 6.07) is 12.9. The molecule has 4 aromatic rings. The summed E-state index contributed by atoms with van der Waals surface area (Å²) < 4.78 is 14.2. The zero-order valence-corrected chi connectivity index (χ0v) is 19.2. The van der Waals surface area contributed by atoms with E-state index >= 15 is 0 Å². The van der Waals surface area contributed by atoms with Gasteiger partial charge in [0.2, 0.25) is 0 Å². The fourth-order valence-corrected chi connectivity index (χ4v) is 5.03. The molecule has 5 rings (SSSR count). The number of aliphatic hydroxyl groups is 1. The Balaban J connectivity index is 1.30. The van der Waals surface area contributed by atoms with Crippen molar-refractivity contribution in [2.45, 2.75) is 25.4 Å². The van der Waals surface area contributed by atoms with Crippen LogP contribution < -0.4 is 10.6 Å². The normalized spacial score (nSPS) is 16.4. The van der Waals surface area contributed by atoms with Gasteiger partial charge in [0.15, 0.2) is 16.6 Å². The Morgan fingerprint density at radius 1 is 1.12 bits per heavy atom. The molecule has 1 aliphatic rings. The quantitative estimate of drug-likeness (QED) is 0.327. The van der Waals surface area contributed by atoms with E-state index in [0.29, 0.717) is 22.3 Å². The van der Waals surface area contributed by atoms with Gasteiger partial charge in [0.1, 0.15) is 16.8 Å². The highest BCUT2D eigenvalue weighted by Gasteiger charge is 2.23. The standard InChI is InChI=1S/C23H22ClFN6OS/c24-18-10-16(7-8-19(18)25)28-21-20-22(27-13-26-21)30-23(33-20)29-15-5-3-14(4-6-15)11-31-9-1-2-17(31)12-32/h3-8,10,13,17,32H,1-2,9,11-12H2,(H2,26,27,28,29,30)/t17-/m0/s1. The maximum absolute atomic E-state index is 13.4. The Morgan fingerprint density at radius 2 is 1.94 bits per heavy atom. The van der Waals surface area contributed by atoms with Gasteiger partial charge in [-0.25, -0.2) is 14.4 Å². The van der Waals surface area contributed by atoms with Crippen molar-refractivity contribution in [3.05, 3.63) is 65.2 Å². The van der Waals surface area contributed by atoms with Crippen LogP contribution in [-0.4, -0.2) is 44.2 Å². The molecule has 0 unspecified atom stereocenters. The van der Waals surface area contributed by atoms with E-state index in [9.17, 15) is 9.50 Å². The minimum absolute atomic E-state index is 0.0389. The fraction of sp³-hybridized carbons (Fsp3) is 0.261. The van der Waals surface area contributed by atoms with Crippen molar-refractivity contribution in [1.82, 2.24) is 19.9 Å². The second-order valence-corrected chi connectivity index (χ2v) is 9.33. The summed E-state index contributed by atoms with van der Waals surface area (Å²) >= 11 is 7.31. The first-order valence-electron chi connectivity index (χ1n) is 10.6. The van der Waals surface area contributed by atoms with Crippen LogP contribution in [0.5, 0.6) is 0 Å². The molecule has 3 N–H and O–H groups in total. The van der Waals surface area contributed by atoms with E-state index in [-0.39, 0.29) is 17.7 Å². The first-order chi connectivity index (χ1) is 16.1. The lowest BCUT2D eigenvalue weighted by atomic mass is 10.1. The van der Waals surface area contributed by atoms with Gasteiger partial charge in [0, 0.05) is 24.0 Å². The van der Waals surface area contributed by atoms with Crippen molar-refractivity contribution < 1.29 is 9.50 Å². The molecule has 33 heavy (non-hydrogen) atoms. The lowest BCUT2D eigenvalue weighted by Gasteiger charge is -2.22. The first-order valence-corrected chi connectivity index (χ1v) is 11.8. The molecular formula is C23H22ClFN6OS. The van der Waals surface area contributed by atoms with Crippen LogP contribution in [0.1, 0.15) is 18.4 Å². The van der Waals surface area contributed by atoms with Crippen molar-refractivity contribution in [3.63, 3.8) is 0 Å². The van der Waals surface area contributed by atoms with Crippen molar-refractivity contribution in [3.8, 4) is 0 Å². The number of thiazole rings is 1. The summed E-state index contributed by atoms with van der Waals surface area (Å²) in [5.74, 6) is 0.103. The number of hydrogen-bond acceptors (Lipinski definition) is 8. The van der Waals surface area contributed by atoms with Gasteiger partial charge in [-0.15, -0.1) is 0 Å². The number of hydrogen-bond donors (Lipinski definition) is 3. The van der Waals surface area contributed by atoms with Crippen LogP contribution in [-0.2, 0) is 6.54 Å². The van der Waals surface area contributed by atoms with Gasteiger partial charge in [-0.1, -0.05) is 35.1 Å². The summed E-state index contributed by atoms with van der Waals surface area (Å²) in [6.07, 6.45) is 3.63. The molecule has 0 bridgehead atoms. The number of aliphatic hydroxyl groups excluding tert-OH is 1. The molecular weight excluding hydrogens is 463 g/mol. The van der Waals surface area contributed by atoms with Gasteiger partial charge >= 0.3 is 0 Å². The largest absolute Gasteiger partial charge is 0.395 e. The Kier molecular flexibility index (Phi) is 6.37. The molecule has 0 aliphatic carbocycles. The number of benzene rings is 2. The molecule has 0 spiro atoms. The van der Waals surface area contributed by atoms with Crippen LogP contribution in [0.3, 0.4) is 0 Å². The number of anilines is 4. The van der Waals surface area contributed by atoms with Crippen LogP contribution in [0.4, 0.5) is 26.7 Å². The summed E-state index contributed by atoms with van der Waals surface area (Å²) in [5.41, 5.74) is 3.32. The average molecular weight is 485 g/mol. The summed E-state index contributed by atoms with van der Waals surface area (Å²) in [6.45, 7) is 2.08. The third kappa shape index (κ3) is 4.91. The van der Waals surface area contributed by atoms with Crippen LogP contribution in [0.15, 0.2) is 48.8 Å². The molecule has 170 valence electrons. The zero-order chi connectivity index (χ0) is 22.8. The zero-order valence-electron chi connectivity index (χ0n) is 17.6. The molecule has 1 saturated heterocycles. The van der Waals surface area contributed by atoms with Crippen LogP contribution >= 0.6 is 22.9 Å². The first kappa shape index (κ1) is 22.0.